The molecule has 3 aromatic rings. The number of ether oxygens (including phenoxy) is 2. The molecule has 0 aliphatic heterocycles. The Morgan fingerprint density at radius 2 is 2.00 bits per heavy atom. The van der Waals surface area contributed by atoms with Crippen molar-refractivity contribution in [1.29, 1.82) is 0 Å². The van der Waals surface area contributed by atoms with E-state index in [0.717, 1.165) is 35.5 Å². The molecule has 0 bridgehead atoms. The lowest BCUT2D eigenvalue weighted by Gasteiger charge is -2.16. The third-order valence-electron chi connectivity index (χ3n) is 4.17. The summed E-state index contributed by atoms with van der Waals surface area (Å²) in [7, 11) is 5.16. The number of nitrogens with one attached hydrogen (secondary N) is 1. The molecule has 2 aromatic heterocycles. The summed E-state index contributed by atoms with van der Waals surface area (Å²) in [6.45, 7) is 2.75. The van der Waals surface area contributed by atoms with Crippen LogP contribution in [0.3, 0.4) is 0 Å². The first kappa shape index (κ1) is 18.6. The smallest absolute Gasteiger partial charge is 0.246 e. The average molecular weight is 368 g/mol. The van der Waals surface area contributed by atoms with Crippen molar-refractivity contribution in [2.24, 2.45) is 0 Å². The van der Waals surface area contributed by atoms with Gasteiger partial charge in [-0.25, -0.2) is 4.98 Å². The van der Waals surface area contributed by atoms with E-state index in [0.29, 0.717) is 23.9 Å². The van der Waals surface area contributed by atoms with Crippen LogP contribution in [0.2, 0.25) is 0 Å². The van der Waals surface area contributed by atoms with Gasteiger partial charge in [-0.1, -0.05) is 13.3 Å². The molecule has 0 spiro atoms. The predicted molar refractivity (Wildman–Crippen MR) is 103 cm³/mol. The van der Waals surface area contributed by atoms with Crippen LogP contribution in [0.15, 0.2) is 30.5 Å². The maximum Gasteiger partial charge on any atom is 0.246 e. The zero-order valence-electron chi connectivity index (χ0n) is 16.1. The van der Waals surface area contributed by atoms with Crippen molar-refractivity contribution < 1.29 is 9.47 Å². The minimum atomic E-state index is 0.525. The van der Waals surface area contributed by atoms with Crippen molar-refractivity contribution in [2.75, 3.05) is 26.2 Å². The van der Waals surface area contributed by atoms with Crippen molar-refractivity contribution in [2.45, 2.75) is 26.3 Å². The molecule has 0 radical (unpaired) electrons. The van der Waals surface area contributed by atoms with Gasteiger partial charge in [0.25, 0.3) is 0 Å². The molecule has 8 heteroatoms. The summed E-state index contributed by atoms with van der Waals surface area (Å²) in [5, 5.41) is 15.7. The first-order valence-electron chi connectivity index (χ1n) is 8.81. The number of hydrogen-bond donors (Lipinski definition) is 1. The van der Waals surface area contributed by atoms with Gasteiger partial charge < -0.3 is 14.4 Å². The first-order valence-corrected chi connectivity index (χ1v) is 8.81. The van der Waals surface area contributed by atoms with Gasteiger partial charge in [-0.05, 0) is 24.6 Å². The lowest BCUT2D eigenvalue weighted by atomic mass is 10.1. The zero-order valence-corrected chi connectivity index (χ0v) is 16.1. The fraction of sp³-hybridized carbons (Fsp3) is 0.368. The summed E-state index contributed by atoms with van der Waals surface area (Å²) in [5.74, 6) is 1.91. The van der Waals surface area contributed by atoms with Gasteiger partial charge >= 0.3 is 0 Å². The molecule has 2 heterocycles. The minimum Gasteiger partial charge on any atom is -0.497 e. The van der Waals surface area contributed by atoms with Crippen LogP contribution in [-0.2, 0) is 13.0 Å². The normalized spacial score (nSPS) is 10.7. The van der Waals surface area contributed by atoms with Crippen molar-refractivity contribution in [3.8, 4) is 22.8 Å². The highest BCUT2D eigenvalue weighted by atomic mass is 16.5. The molecule has 1 aromatic carbocycles. The highest BCUT2D eigenvalue weighted by molar-refractivity contribution is 5.68. The lowest BCUT2D eigenvalue weighted by molar-refractivity contribution is 0.395. The standard InChI is InChI=1S/C19H24N6O2/c1-5-6-13-9-14(23-22-13)12-25(2)19-21-17(11-20-24-19)16-8-7-15(26-3)10-18(16)27-4/h7-11H,5-6,12H2,1-4H3,(H,22,23). The minimum absolute atomic E-state index is 0.525. The molecule has 0 atom stereocenters. The molecule has 0 amide bonds. The molecular formula is C19H24N6O2. The third-order valence-corrected chi connectivity index (χ3v) is 4.17. The van der Waals surface area contributed by atoms with Gasteiger partial charge in [0.15, 0.2) is 0 Å². The quantitative estimate of drug-likeness (QED) is 0.654. The van der Waals surface area contributed by atoms with Crippen molar-refractivity contribution in [3.63, 3.8) is 0 Å². The number of methoxy groups -OCH3 is 2. The van der Waals surface area contributed by atoms with E-state index in [1.807, 2.05) is 30.1 Å². The second-order valence-electron chi connectivity index (χ2n) is 6.20. The number of benzene rings is 1. The lowest BCUT2D eigenvalue weighted by Crippen LogP contribution is -2.20. The molecule has 142 valence electrons. The second-order valence-corrected chi connectivity index (χ2v) is 6.20. The fourth-order valence-electron chi connectivity index (χ4n) is 2.80. The number of aromatic amines is 1. The number of hydrogen-bond acceptors (Lipinski definition) is 7. The molecule has 0 fully saturated rings. The monoisotopic (exact) mass is 368 g/mol. The number of nitrogens with zero attached hydrogens (tertiary/aromatic N) is 5. The molecule has 1 N–H and O–H groups in total. The van der Waals surface area contributed by atoms with Crippen LogP contribution < -0.4 is 14.4 Å². The summed E-state index contributed by atoms with van der Waals surface area (Å²) in [6, 6.07) is 7.66. The molecule has 27 heavy (non-hydrogen) atoms. The molecule has 8 nitrogen and oxygen atoms in total. The zero-order chi connectivity index (χ0) is 19.2. The predicted octanol–water partition coefficient (Wildman–Crippen LogP) is 2.87. The summed E-state index contributed by atoms with van der Waals surface area (Å²) in [5.41, 5.74) is 3.59. The Balaban J connectivity index is 1.82. The van der Waals surface area contributed by atoms with Gasteiger partial charge in [-0.3, -0.25) is 5.10 Å². The number of rotatable bonds is 8. The van der Waals surface area contributed by atoms with E-state index < -0.39 is 0 Å². The number of anilines is 1. The van der Waals surface area contributed by atoms with Gasteiger partial charge in [0, 0.05) is 18.7 Å². The largest absolute Gasteiger partial charge is 0.497 e. The van der Waals surface area contributed by atoms with Crippen LogP contribution in [0.25, 0.3) is 11.3 Å². The van der Waals surface area contributed by atoms with E-state index in [1.54, 1.807) is 20.4 Å². The summed E-state index contributed by atoms with van der Waals surface area (Å²) < 4.78 is 10.7. The van der Waals surface area contributed by atoms with Gasteiger partial charge in [-0.15, -0.1) is 5.10 Å². The Kier molecular flexibility index (Phi) is 5.85. The SMILES string of the molecule is CCCc1cc(CN(C)c2nncc(-c3ccc(OC)cc3OC)n2)[nH]n1. The van der Waals surface area contributed by atoms with Crippen LogP contribution in [0.4, 0.5) is 5.95 Å². The van der Waals surface area contributed by atoms with E-state index in [9.17, 15) is 0 Å². The van der Waals surface area contributed by atoms with Crippen molar-refractivity contribution in [3.05, 3.63) is 41.9 Å². The Labute approximate surface area is 158 Å². The van der Waals surface area contributed by atoms with E-state index in [-0.39, 0.29) is 0 Å². The Hall–Kier alpha value is -3.16. The van der Waals surface area contributed by atoms with Gasteiger partial charge in [0.2, 0.25) is 5.95 Å². The van der Waals surface area contributed by atoms with Crippen LogP contribution in [-0.4, -0.2) is 46.6 Å². The molecule has 0 aliphatic carbocycles. The van der Waals surface area contributed by atoms with Gasteiger partial charge in [-0.2, -0.15) is 10.2 Å². The topological polar surface area (TPSA) is 89.0 Å². The fourth-order valence-corrected chi connectivity index (χ4v) is 2.80. The second kappa shape index (κ2) is 8.48. The molecule has 0 saturated heterocycles. The van der Waals surface area contributed by atoms with E-state index in [4.69, 9.17) is 9.47 Å². The third kappa shape index (κ3) is 4.33. The van der Waals surface area contributed by atoms with Crippen LogP contribution >= 0.6 is 0 Å². The van der Waals surface area contributed by atoms with Crippen molar-refractivity contribution >= 4 is 5.95 Å². The average Bonchev–Trinajstić information content (AvgIpc) is 3.14. The number of H-pyrrole nitrogens is 1. The number of aryl methyl sites for hydroxylation is 1. The molecule has 3 rings (SSSR count). The first-order chi connectivity index (χ1) is 13.1. The maximum absolute atomic E-state index is 5.47. The Morgan fingerprint density at radius 1 is 1.15 bits per heavy atom. The van der Waals surface area contributed by atoms with Crippen molar-refractivity contribution in [1.82, 2.24) is 25.4 Å². The summed E-state index contributed by atoms with van der Waals surface area (Å²) in [4.78, 5) is 6.57. The molecule has 0 saturated carbocycles. The van der Waals surface area contributed by atoms with Gasteiger partial charge in [0.05, 0.1) is 44.0 Å². The highest BCUT2D eigenvalue weighted by Crippen LogP contribution is 2.32. The Bertz CT molecular complexity index is 895. The summed E-state index contributed by atoms with van der Waals surface area (Å²) >= 11 is 0. The van der Waals surface area contributed by atoms with E-state index in [1.165, 1.54) is 0 Å². The number of aromatic nitrogens is 5. The van der Waals surface area contributed by atoms with Gasteiger partial charge in [0.1, 0.15) is 11.5 Å². The molecule has 0 unspecified atom stereocenters. The highest BCUT2D eigenvalue weighted by Gasteiger charge is 2.13. The van der Waals surface area contributed by atoms with Crippen LogP contribution in [0.5, 0.6) is 11.5 Å². The van der Waals surface area contributed by atoms with E-state index >= 15 is 0 Å². The Morgan fingerprint density at radius 3 is 2.74 bits per heavy atom. The summed E-state index contributed by atoms with van der Waals surface area (Å²) in [6.07, 6.45) is 3.65. The van der Waals surface area contributed by atoms with E-state index in [2.05, 4.69) is 38.4 Å². The molecular weight excluding hydrogens is 344 g/mol. The molecule has 0 aliphatic rings. The van der Waals surface area contributed by atoms with Crippen LogP contribution in [0.1, 0.15) is 24.7 Å². The van der Waals surface area contributed by atoms with Crippen LogP contribution in [0, 0.1) is 0 Å². The maximum atomic E-state index is 5.47.